The van der Waals surface area contributed by atoms with Crippen molar-refractivity contribution in [2.45, 2.75) is 13.0 Å². The fraction of sp³-hybridized carbons (Fsp3) is 0.600. The van der Waals surface area contributed by atoms with E-state index in [9.17, 15) is 0 Å². The van der Waals surface area contributed by atoms with Gasteiger partial charge in [-0.15, -0.1) is 0 Å². The van der Waals surface area contributed by atoms with Crippen molar-refractivity contribution in [3.05, 3.63) is 35.4 Å². The lowest BCUT2D eigenvalue weighted by Gasteiger charge is -2.31. The Labute approximate surface area is 116 Å². The Hall–Kier alpha value is -0.940. The highest BCUT2D eigenvalue weighted by molar-refractivity contribution is 5.29. The number of hydrogen-bond acceptors (Lipinski definition) is 4. The zero-order valence-corrected chi connectivity index (χ0v) is 12.3. The molecule has 1 aromatic rings. The van der Waals surface area contributed by atoms with E-state index >= 15 is 0 Å². The van der Waals surface area contributed by atoms with Gasteiger partial charge in [-0.1, -0.05) is 24.3 Å². The molecule has 0 saturated heterocycles. The molecule has 4 nitrogen and oxygen atoms in total. The molecule has 0 aliphatic rings. The average Bonchev–Trinajstić information content (AvgIpc) is 2.43. The van der Waals surface area contributed by atoms with Crippen LogP contribution in [0.4, 0.5) is 0 Å². The van der Waals surface area contributed by atoms with E-state index < -0.39 is 0 Å². The van der Waals surface area contributed by atoms with Crippen LogP contribution < -0.4 is 5.73 Å². The van der Waals surface area contributed by atoms with Crippen LogP contribution in [-0.2, 0) is 9.47 Å². The number of benzene rings is 1. The third-order valence-electron chi connectivity index (χ3n) is 3.38. The van der Waals surface area contributed by atoms with E-state index in [1.807, 2.05) is 0 Å². The summed E-state index contributed by atoms with van der Waals surface area (Å²) in [5.74, 6) is 0. The Bertz CT molecular complexity index is 350. The summed E-state index contributed by atoms with van der Waals surface area (Å²) in [4.78, 5) is 2.33. The topological polar surface area (TPSA) is 47.7 Å². The molecule has 0 aliphatic heterocycles. The van der Waals surface area contributed by atoms with Gasteiger partial charge < -0.3 is 15.2 Å². The first-order chi connectivity index (χ1) is 9.24. The first kappa shape index (κ1) is 16.1. The quantitative estimate of drug-likeness (QED) is 0.737. The first-order valence-corrected chi connectivity index (χ1v) is 6.72. The summed E-state index contributed by atoms with van der Waals surface area (Å²) < 4.78 is 10.4. The Morgan fingerprint density at radius 1 is 1.11 bits per heavy atom. The lowest BCUT2D eigenvalue weighted by atomic mass is 10.00. The van der Waals surface area contributed by atoms with Crippen molar-refractivity contribution in [3.63, 3.8) is 0 Å². The van der Waals surface area contributed by atoms with Gasteiger partial charge in [-0.3, -0.25) is 4.90 Å². The van der Waals surface area contributed by atoms with E-state index in [0.717, 1.165) is 13.1 Å². The van der Waals surface area contributed by atoms with E-state index in [2.05, 4.69) is 36.1 Å². The van der Waals surface area contributed by atoms with Crippen LogP contribution in [0.25, 0.3) is 0 Å². The van der Waals surface area contributed by atoms with Gasteiger partial charge in [0, 0.05) is 39.9 Å². The summed E-state index contributed by atoms with van der Waals surface area (Å²) in [6.07, 6.45) is 0. The smallest absolute Gasteiger partial charge is 0.0589 e. The molecule has 1 aromatic carbocycles. The van der Waals surface area contributed by atoms with Gasteiger partial charge in [0.25, 0.3) is 0 Å². The predicted octanol–water partition coefficient (Wildman–Crippen LogP) is 1.59. The molecular formula is C15H26N2O2. The summed E-state index contributed by atoms with van der Waals surface area (Å²) in [7, 11) is 3.44. The largest absolute Gasteiger partial charge is 0.383 e. The maximum absolute atomic E-state index is 5.99. The first-order valence-electron chi connectivity index (χ1n) is 6.72. The number of aryl methyl sites for hydroxylation is 1. The monoisotopic (exact) mass is 266 g/mol. The number of ether oxygens (including phenoxy) is 2. The van der Waals surface area contributed by atoms with E-state index in [1.165, 1.54) is 11.1 Å². The third-order valence-corrected chi connectivity index (χ3v) is 3.38. The zero-order valence-electron chi connectivity index (χ0n) is 12.3. The molecule has 19 heavy (non-hydrogen) atoms. The van der Waals surface area contributed by atoms with Crippen molar-refractivity contribution >= 4 is 0 Å². The van der Waals surface area contributed by atoms with Gasteiger partial charge >= 0.3 is 0 Å². The molecule has 1 unspecified atom stereocenters. The van der Waals surface area contributed by atoms with E-state index in [-0.39, 0.29) is 6.04 Å². The summed E-state index contributed by atoms with van der Waals surface area (Å²) in [5, 5.41) is 0. The Morgan fingerprint density at radius 3 is 2.16 bits per heavy atom. The molecule has 0 heterocycles. The predicted molar refractivity (Wildman–Crippen MR) is 78.3 cm³/mol. The van der Waals surface area contributed by atoms with Gasteiger partial charge in [0.15, 0.2) is 0 Å². The molecule has 0 spiro atoms. The van der Waals surface area contributed by atoms with Crippen molar-refractivity contribution in [1.82, 2.24) is 4.90 Å². The fourth-order valence-corrected chi connectivity index (χ4v) is 2.27. The second-order valence-corrected chi connectivity index (χ2v) is 4.63. The standard InChI is InChI=1S/C15H26N2O2/c1-13-6-4-5-7-14(13)15(12-16)17(8-10-18-2)9-11-19-3/h4-7,15H,8-12,16H2,1-3H3. The molecule has 0 amide bonds. The SMILES string of the molecule is COCCN(CCOC)C(CN)c1ccccc1C. The molecule has 0 aromatic heterocycles. The minimum absolute atomic E-state index is 0.214. The molecule has 4 heteroatoms. The molecule has 1 atom stereocenters. The minimum Gasteiger partial charge on any atom is -0.383 e. The zero-order chi connectivity index (χ0) is 14.1. The van der Waals surface area contributed by atoms with Crippen molar-refractivity contribution in [2.75, 3.05) is 47.1 Å². The van der Waals surface area contributed by atoms with Crippen LogP contribution in [0.15, 0.2) is 24.3 Å². The Balaban J connectivity index is 2.85. The average molecular weight is 266 g/mol. The fourth-order valence-electron chi connectivity index (χ4n) is 2.27. The molecule has 1 rings (SSSR count). The van der Waals surface area contributed by atoms with Crippen LogP contribution in [0.3, 0.4) is 0 Å². The van der Waals surface area contributed by atoms with Crippen LogP contribution in [0.1, 0.15) is 17.2 Å². The molecule has 2 N–H and O–H groups in total. The number of hydrogen-bond donors (Lipinski definition) is 1. The van der Waals surface area contributed by atoms with Crippen LogP contribution >= 0.6 is 0 Å². The highest BCUT2D eigenvalue weighted by Crippen LogP contribution is 2.22. The van der Waals surface area contributed by atoms with E-state index in [1.54, 1.807) is 14.2 Å². The molecule has 0 bridgehead atoms. The molecule has 0 saturated carbocycles. The third kappa shape index (κ3) is 4.91. The Kier molecular flexibility index (Phi) is 7.67. The minimum atomic E-state index is 0.214. The normalized spacial score (nSPS) is 12.9. The van der Waals surface area contributed by atoms with Gasteiger partial charge in [0.05, 0.1) is 13.2 Å². The summed E-state index contributed by atoms with van der Waals surface area (Å²) in [6, 6.07) is 8.62. The van der Waals surface area contributed by atoms with Crippen LogP contribution in [0.5, 0.6) is 0 Å². The highest BCUT2D eigenvalue weighted by atomic mass is 16.5. The van der Waals surface area contributed by atoms with Crippen molar-refractivity contribution < 1.29 is 9.47 Å². The number of nitrogens with zero attached hydrogens (tertiary/aromatic N) is 1. The van der Waals surface area contributed by atoms with Crippen molar-refractivity contribution in [1.29, 1.82) is 0 Å². The second-order valence-electron chi connectivity index (χ2n) is 4.63. The van der Waals surface area contributed by atoms with Gasteiger partial charge in [-0.2, -0.15) is 0 Å². The van der Waals surface area contributed by atoms with E-state index in [0.29, 0.717) is 19.8 Å². The lowest BCUT2D eigenvalue weighted by Crippen LogP contribution is -2.38. The number of nitrogens with two attached hydrogens (primary N) is 1. The number of methoxy groups -OCH3 is 2. The van der Waals surface area contributed by atoms with Gasteiger partial charge in [-0.25, -0.2) is 0 Å². The van der Waals surface area contributed by atoms with Crippen molar-refractivity contribution in [3.8, 4) is 0 Å². The number of rotatable bonds is 9. The summed E-state index contributed by atoms with van der Waals surface area (Å²) in [5.41, 5.74) is 8.56. The van der Waals surface area contributed by atoms with Crippen LogP contribution in [0, 0.1) is 6.92 Å². The maximum Gasteiger partial charge on any atom is 0.0589 e. The summed E-state index contributed by atoms with van der Waals surface area (Å²) in [6.45, 7) is 5.84. The van der Waals surface area contributed by atoms with Crippen molar-refractivity contribution in [2.24, 2.45) is 5.73 Å². The molecular weight excluding hydrogens is 240 g/mol. The van der Waals surface area contributed by atoms with Gasteiger partial charge in [0.1, 0.15) is 0 Å². The highest BCUT2D eigenvalue weighted by Gasteiger charge is 2.19. The van der Waals surface area contributed by atoms with Crippen LogP contribution in [-0.4, -0.2) is 52.0 Å². The van der Waals surface area contributed by atoms with Crippen LogP contribution in [0.2, 0.25) is 0 Å². The second kappa shape index (κ2) is 9.04. The van der Waals surface area contributed by atoms with Gasteiger partial charge in [-0.05, 0) is 18.1 Å². The van der Waals surface area contributed by atoms with Gasteiger partial charge in [0.2, 0.25) is 0 Å². The molecule has 0 radical (unpaired) electrons. The Morgan fingerprint density at radius 2 is 1.68 bits per heavy atom. The van der Waals surface area contributed by atoms with E-state index in [4.69, 9.17) is 15.2 Å². The maximum atomic E-state index is 5.99. The molecule has 0 aliphatic carbocycles. The summed E-state index contributed by atoms with van der Waals surface area (Å²) >= 11 is 0. The molecule has 108 valence electrons. The lowest BCUT2D eigenvalue weighted by molar-refractivity contribution is 0.0889. The molecule has 0 fully saturated rings.